The fraction of sp³-hybridized carbons (Fsp3) is 0.286. The Morgan fingerprint density at radius 3 is 1.89 bits per heavy atom. The third kappa shape index (κ3) is 6.74. The highest BCUT2D eigenvalue weighted by Crippen LogP contribution is 2.38. The zero-order valence-electron chi connectivity index (χ0n) is 18.2. The SMILES string of the molecule is Br.CCN(CC)S(=O)(=O)c1ccc(-c2csc(Nc3cc(C(F)(F)F)cc(C(F)(F)F)c3)n2)cc1. The molecule has 3 aromatic rings. The maximum Gasteiger partial charge on any atom is 0.416 e. The molecule has 0 bridgehead atoms. The van der Waals surface area contributed by atoms with Gasteiger partial charge in [0, 0.05) is 29.7 Å². The van der Waals surface area contributed by atoms with Gasteiger partial charge in [0.15, 0.2) is 5.13 Å². The summed E-state index contributed by atoms with van der Waals surface area (Å²) < 4.78 is 105. The van der Waals surface area contributed by atoms with Crippen LogP contribution in [0.5, 0.6) is 0 Å². The van der Waals surface area contributed by atoms with Crippen LogP contribution in [0.25, 0.3) is 11.3 Å². The molecule has 0 aliphatic heterocycles. The molecule has 0 radical (unpaired) electrons. The van der Waals surface area contributed by atoms with Gasteiger partial charge in [-0.1, -0.05) is 26.0 Å². The Balaban J connectivity index is 0.00000432. The lowest BCUT2D eigenvalue weighted by Gasteiger charge is -2.18. The molecule has 0 aliphatic rings. The number of nitrogens with one attached hydrogen (secondary N) is 1. The Morgan fingerprint density at radius 1 is 0.914 bits per heavy atom. The molecule has 0 aliphatic carbocycles. The zero-order chi connectivity index (χ0) is 25.3. The van der Waals surface area contributed by atoms with Crippen molar-refractivity contribution in [3.63, 3.8) is 0 Å². The average molecular weight is 604 g/mol. The Bertz CT molecular complexity index is 1220. The topological polar surface area (TPSA) is 62.3 Å². The van der Waals surface area contributed by atoms with Gasteiger partial charge in [-0.2, -0.15) is 30.6 Å². The van der Waals surface area contributed by atoms with Gasteiger partial charge in [-0.05, 0) is 30.3 Å². The van der Waals surface area contributed by atoms with E-state index in [1.807, 2.05) is 0 Å². The molecule has 192 valence electrons. The van der Waals surface area contributed by atoms with Crippen molar-refractivity contribution in [3.8, 4) is 11.3 Å². The lowest BCUT2D eigenvalue weighted by molar-refractivity contribution is -0.143. The Kier molecular flexibility index (Phi) is 9.01. The first-order chi connectivity index (χ1) is 15.8. The molecule has 1 aromatic heterocycles. The Morgan fingerprint density at radius 2 is 1.43 bits per heavy atom. The highest BCUT2D eigenvalue weighted by molar-refractivity contribution is 8.93. The molecule has 3 rings (SSSR count). The van der Waals surface area contributed by atoms with Crippen molar-refractivity contribution in [1.82, 2.24) is 9.29 Å². The monoisotopic (exact) mass is 603 g/mol. The molecule has 0 saturated heterocycles. The van der Waals surface area contributed by atoms with Gasteiger partial charge in [-0.15, -0.1) is 28.3 Å². The Labute approximate surface area is 212 Å². The molecule has 0 unspecified atom stereocenters. The highest BCUT2D eigenvalue weighted by atomic mass is 79.9. The van der Waals surface area contributed by atoms with Crippen molar-refractivity contribution < 1.29 is 34.8 Å². The van der Waals surface area contributed by atoms with E-state index in [0.29, 0.717) is 36.5 Å². The van der Waals surface area contributed by atoms with Crippen LogP contribution in [0.1, 0.15) is 25.0 Å². The molecule has 0 atom stereocenters. The molecular formula is C21H20BrF6N3O2S2. The van der Waals surface area contributed by atoms with E-state index in [1.165, 1.54) is 28.6 Å². The van der Waals surface area contributed by atoms with Gasteiger partial charge >= 0.3 is 12.4 Å². The number of halogens is 7. The minimum absolute atomic E-state index is 0. The van der Waals surface area contributed by atoms with Crippen LogP contribution in [0, 0.1) is 0 Å². The quantitative estimate of drug-likeness (QED) is 0.290. The molecule has 1 heterocycles. The number of hydrogen-bond acceptors (Lipinski definition) is 5. The fourth-order valence-corrected chi connectivity index (χ4v) is 5.32. The first kappa shape index (κ1) is 29.1. The standard InChI is InChI=1S/C21H19F6N3O2S2.BrH/c1-3-30(4-2)34(31,32)17-7-5-13(6-8-17)18-12-33-19(29-18)28-16-10-14(20(22,23)24)9-15(11-16)21(25,26)27;/h5-12H,3-4H2,1-2H3,(H,28,29);1H. The van der Waals surface area contributed by atoms with Crippen LogP contribution in [0.3, 0.4) is 0 Å². The van der Waals surface area contributed by atoms with E-state index in [4.69, 9.17) is 0 Å². The third-order valence-electron chi connectivity index (χ3n) is 4.84. The summed E-state index contributed by atoms with van der Waals surface area (Å²) in [6, 6.07) is 7.08. The second-order valence-corrected chi connectivity index (χ2v) is 9.87. The van der Waals surface area contributed by atoms with Crippen LogP contribution in [0.2, 0.25) is 0 Å². The zero-order valence-corrected chi connectivity index (χ0v) is 21.6. The molecule has 2 aromatic carbocycles. The molecule has 0 spiro atoms. The van der Waals surface area contributed by atoms with Crippen molar-refractivity contribution in [1.29, 1.82) is 0 Å². The van der Waals surface area contributed by atoms with Gasteiger partial charge in [0.2, 0.25) is 10.0 Å². The van der Waals surface area contributed by atoms with E-state index in [9.17, 15) is 34.8 Å². The van der Waals surface area contributed by atoms with Crippen molar-refractivity contribution in [3.05, 3.63) is 59.0 Å². The van der Waals surface area contributed by atoms with Gasteiger partial charge in [-0.25, -0.2) is 13.4 Å². The number of benzene rings is 2. The number of thiazole rings is 1. The fourth-order valence-electron chi connectivity index (χ4n) is 3.12. The van der Waals surface area contributed by atoms with Gasteiger partial charge in [0.25, 0.3) is 0 Å². The van der Waals surface area contributed by atoms with E-state index in [2.05, 4.69) is 10.3 Å². The maximum absolute atomic E-state index is 13.1. The minimum atomic E-state index is -4.96. The molecule has 0 amide bonds. The van der Waals surface area contributed by atoms with Crippen LogP contribution in [0.15, 0.2) is 52.7 Å². The first-order valence-electron chi connectivity index (χ1n) is 9.88. The molecule has 0 fully saturated rings. The van der Waals surface area contributed by atoms with E-state index >= 15 is 0 Å². The molecule has 5 nitrogen and oxygen atoms in total. The van der Waals surface area contributed by atoms with Crippen LogP contribution < -0.4 is 5.32 Å². The summed E-state index contributed by atoms with van der Waals surface area (Å²) in [6.45, 7) is 4.07. The third-order valence-corrected chi connectivity index (χ3v) is 7.66. The van der Waals surface area contributed by atoms with Crippen LogP contribution in [0.4, 0.5) is 37.2 Å². The lowest BCUT2D eigenvalue weighted by Crippen LogP contribution is -2.30. The number of aromatic nitrogens is 1. The number of rotatable bonds is 7. The van der Waals surface area contributed by atoms with Crippen molar-refractivity contribution in [2.45, 2.75) is 31.1 Å². The minimum Gasteiger partial charge on any atom is -0.332 e. The summed E-state index contributed by atoms with van der Waals surface area (Å²) in [5.41, 5.74) is -2.38. The summed E-state index contributed by atoms with van der Waals surface area (Å²) in [5.74, 6) is 0. The van der Waals surface area contributed by atoms with Crippen LogP contribution >= 0.6 is 28.3 Å². The van der Waals surface area contributed by atoms with Crippen LogP contribution in [-0.2, 0) is 22.4 Å². The summed E-state index contributed by atoms with van der Waals surface area (Å²) in [4.78, 5) is 4.30. The first-order valence-corrected chi connectivity index (χ1v) is 12.2. The van der Waals surface area contributed by atoms with E-state index in [1.54, 1.807) is 19.2 Å². The van der Waals surface area contributed by atoms with Crippen molar-refractivity contribution >= 4 is 49.2 Å². The lowest BCUT2D eigenvalue weighted by atomic mass is 10.1. The molecule has 0 saturated carbocycles. The molecule has 1 N–H and O–H groups in total. The van der Waals surface area contributed by atoms with Gasteiger partial charge in [0.1, 0.15) is 0 Å². The number of hydrogen-bond donors (Lipinski definition) is 1. The molecule has 14 heteroatoms. The molecule has 35 heavy (non-hydrogen) atoms. The summed E-state index contributed by atoms with van der Waals surface area (Å²) in [6.07, 6.45) is -9.92. The summed E-state index contributed by atoms with van der Waals surface area (Å²) in [5, 5.41) is 4.11. The van der Waals surface area contributed by atoms with E-state index in [0.717, 1.165) is 11.3 Å². The summed E-state index contributed by atoms with van der Waals surface area (Å²) >= 11 is 0.977. The van der Waals surface area contributed by atoms with Gasteiger partial charge < -0.3 is 5.32 Å². The second kappa shape index (κ2) is 10.8. The predicted octanol–water partition coefficient (Wildman–Crippen LogP) is 7.20. The number of alkyl halides is 6. The largest absolute Gasteiger partial charge is 0.416 e. The van der Waals surface area contributed by atoms with Gasteiger partial charge in [0.05, 0.1) is 21.7 Å². The van der Waals surface area contributed by atoms with Gasteiger partial charge in [-0.3, -0.25) is 0 Å². The molecular weight excluding hydrogens is 584 g/mol. The van der Waals surface area contributed by atoms with E-state index < -0.39 is 39.2 Å². The number of anilines is 2. The normalized spacial score (nSPS) is 12.5. The van der Waals surface area contributed by atoms with E-state index in [-0.39, 0.29) is 33.1 Å². The predicted molar refractivity (Wildman–Crippen MR) is 128 cm³/mol. The smallest absolute Gasteiger partial charge is 0.332 e. The maximum atomic E-state index is 13.1. The number of nitrogens with zero attached hydrogens (tertiary/aromatic N) is 2. The average Bonchev–Trinajstić information content (AvgIpc) is 3.21. The van der Waals surface area contributed by atoms with Crippen molar-refractivity contribution in [2.24, 2.45) is 0 Å². The second-order valence-electron chi connectivity index (χ2n) is 7.07. The number of sulfonamides is 1. The Hall–Kier alpha value is -2.16. The van der Waals surface area contributed by atoms with Crippen molar-refractivity contribution in [2.75, 3.05) is 18.4 Å². The summed E-state index contributed by atoms with van der Waals surface area (Å²) in [7, 11) is -3.65. The highest BCUT2D eigenvalue weighted by Gasteiger charge is 2.37. The van der Waals surface area contributed by atoms with Crippen LogP contribution in [-0.4, -0.2) is 30.8 Å².